The number of hydrogen-bond donors (Lipinski definition) is 2. The number of anilines is 1. The Morgan fingerprint density at radius 1 is 1.45 bits per heavy atom. The molecular weight excluding hydrogens is 256 g/mol. The molecule has 1 saturated carbocycles. The molecule has 0 bridgehead atoms. The highest BCUT2D eigenvalue weighted by molar-refractivity contribution is 5.67. The van der Waals surface area contributed by atoms with Crippen molar-refractivity contribution >= 4 is 11.4 Å². The van der Waals surface area contributed by atoms with Gasteiger partial charge in [-0.2, -0.15) is 0 Å². The summed E-state index contributed by atoms with van der Waals surface area (Å²) in [6.07, 6.45) is 3.76. The van der Waals surface area contributed by atoms with E-state index in [0.717, 1.165) is 31.2 Å². The van der Waals surface area contributed by atoms with Gasteiger partial charge in [-0.3, -0.25) is 10.1 Å². The Morgan fingerprint density at radius 2 is 2.10 bits per heavy atom. The van der Waals surface area contributed by atoms with Crippen LogP contribution in [0.25, 0.3) is 0 Å². The van der Waals surface area contributed by atoms with E-state index in [0.29, 0.717) is 11.6 Å². The molecule has 0 amide bonds. The van der Waals surface area contributed by atoms with Crippen LogP contribution in [-0.4, -0.2) is 22.2 Å². The summed E-state index contributed by atoms with van der Waals surface area (Å²) in [7, 11) is 0. The molecule has 0 unspecified atom stereocenters. The number of aryl methyl sites for hydroxylation is 1. The molecule has 0 aromatic heterocycles. The topological polar surface area (TPSA) is 75.4 Å². The third-order valence-electron chi connectivity index (χ3n) is 4.37. The average molecular weight is 278 g/mol. The summed E-state index contributed by atoms with van der Waals surface area (Å²) >= 11 is 0. The quantitative estimate of drug-likeness (QED) is 0.654. The van der Waals surface area contributed by atoms with Gasteiger partial charge >= 0.3 is 0 Å². The highest BCUT2D eigenvalue weighted by Crippen LogP contribution is 2.38. The van der Waals surface area contributed by atoms with Crippen molar-refractivity contribution in [2.24, 2.45) is 5.92 Å². The lowest BCUT2D eigenvalue weighted by Gasteiger charge is -2.39. The third-order valence-corrected chi connectivity index (χ3v) is 4.37. The van der Waals surface area contributed by atoms with E-state index in [-0.39, 0.29) is 17.2 Å². The van der Waals surface area contributed by atoms with Crippen molar-refractivity contribution in [3.63, 3.8) is 0 Å². The predicted octanol–water partition coefficient (Wildman–Crippen LogP) is 3.26. The Hall–Kier alpha value is -1.62. The van der Waals surface area contributed by atoms with E-state index in [1.165, 1.54) is 6.07 Å². The molecule has 1 aromatic carbocycles. The predicted molar refractivity (Wildman–Crippen MR) is 78.9 cm³/mol. The van der Waals surface area contributed by atoms with E-state index < -0.39 is 5.54 Å². The molecule has 1 aliphatic rings. The van der Waals surface area contributed by atoms with Crippen molar-refractivity contribution in [3.8, 4) is 0 Å². The van der Waals surface area contributed by atoms with E-state index in [2.05, 4.69) is 12.2 Å². The lowest BCUT2D eigenvalue weighted by atomic mass is 9.77. The Kier molecular flexibility index (Phi) is 4.28. The molecule has 0 spiro atoms. The van der Waals surface area contributed by atoms with Gasteiger partial charge in [-0.05, 0) is 44.1 Å². The second kappa shape index (κ2) is 5.79. The molecule has 0 radical (unpaired) electrons. The standard InChI is InChI=1S/C15H22N2O3/c1-11-6-8-15(10-18,9-7-11)16-14-12(2)4-3-5-13(14)17(19)20/h3-5,11,16,18H,6-10H2,1-2H3. The van der Waals surface area contributed by atoms with Gasteiger partial charge in [0, 0.05) is 6.07 Å². The van der Waals surface area contributed by atoms with E-state index >= 15 is 0 Å². The largest absolute Gasteiger partial charge is 0.394 e. The Balaban J connectivity index is 2.30. The summed E-state index contributed by atoms with van der Waals surface area (Å²) in [5, 5.41) is 24.2. The average Bonchev–Trinajstić information content (AvgIpc) is 2.43. The summed E-state index contributed by atoms with van der Waals surface area (Å²) in [6, 6.07) is 5.05. The highest BCUT2D eigenvalue weighted by atomic mass is 16.6. The fraction of sp³-hybridized carbons (Fsp3) is 0.600. The minimum Gasteiger partial charge on any atom is -0.394 e. The van der Waals surface area contributed by atoms with Crippen LogP contribution < -0.4 is 5.32 Å². The fourth-order valence-corrected chi connectivity index (χ4v) is 2.87. The first-order valence-electron chi connectivity index (χ1n) is 7.10. The molecule has 5 heteroatoms. The Labute approximate surface area is 119 Å². The number of hydrogen-bond acceptors (Lipinski definition) is 4. The van der Waals surface area contributed by atoms with Gasteiger partial charge in [-0.1, -0.05) is 19.1 Å². The summed E-state index contributed by atoms with van der Waals surface area (Å²) in [5.41, 5.74) is 1.03. The first-order chi connectivity index (χ1) is 9.47. The van der Waals surface area contributed by atoms with E-state index in [1.807, 2.05) is 13.0 Å². The maximum absolute atomic E-state index is 11.2. The molecule has 2 rings (SSSR count). The minimum atomic E-state index is -0.427. The Bertz CT molecular complexity index is 494. The van der Waals surface area contributed by atoms with Gasteiger partial charge in [-0.25, -0.2) is 0 Å². The van der Waals surface area contributed by atoms with Crippen molar-refractivity contribution in [3.05, 3.63) is 33.9 Å². The lowest BCUT2D eigenvalue weighted by molar-refractivity contribution is -0.384. The zero-order valence-corrected chi connectivity index (χ0v) is 12.1. The van der Waals surface area contributed by atoms with Crippen LogP contribution in [0.15, 0.2) is 18.2 Å². The summed E-state index contributed by atoms with van der Waals surface area (Å²) in [5.74, 6) is 0.656. The molecule has 20 heavy (non-hydrogen) atoms. The Morgan fingerprint density at radius 3 is 2.65 bits per heavy atom. The molecule has 0 aliphatic heterocycles. The van der Waals surface area contributed by atoms with Gasteiger partial charge in [0.05, 0.1) is 17.1 Å². The SMILES string of the molecule is Cc1cccc([N+](=O)[O-])c1NC1(CO)CCC(C)CC1. The van der Waals surface area contributed by atoms with Crippen molar-refractivity contribution < 1.29 is 10.0 Å². The summed E-state index contributed by atoms with van der Waals surface area (Å²) in [6.45, 7) is 4.06. The van der Waals surface area contributed by atoms with Crippen molar-refractivity contribution in [1.29, 1.82) is 0 Å². The van der Waals surface area contributed by atoms with E-state index in [9.17, 15) is 15.2 Å². The number of nitro groups is 1. The highest BCUT2D eigenvalue weighted by Gasteiger charge is 2.35. The number of nitro benzene ring substituents is 1. The molecule has 1 fully saturated rings. The minimum absolute atomic E-state index is 0.00517. The first-order valence-corrected chi connectivity index (χ1v) is 7.10. The van der Waals surface area contributed by atoms with Gasteiger partial charge in [0.15, 0.2) is 0 Å². The smallest absolute Gasteiger partial charge is 0.292 e. The number of benzene rings is 1. The second-order valence-corrected chi connectivity index (χ2v) is 5.97. The van der Waals surface area contributed by atoms with Crippen LogP contribution in [-0.2, 0) is 0 Å². The molecule has 1 aromatic rings. The third kappa shape index (κ3) is 2.93. The van der Waals surface area contributed by atoms with Crippen LogP contribution >= 0.6 is 0 Å². The number of aliphatic hydroxyl groups is 1. The zero-order chi connectivity index (χ0) is 14.8. The summed E-state index contributed by atoms with van der Waals surface area (Å²) < 4.78 is 0. The van der Waals surface area contributed by atoms with Crippen LogP contribution in [0, 0.1) is 23.0 Å². The van der Waals surface area contributed by atoms with Gasteiger partial charge in [0.1, 0.15) is 5.69 Å². The van der Waals surface area contributed by atoms with Crippen LogP contribution in [0.1, 0.15) is 38.2 Å². The fourth-order valence-electron chi connectivity index (χ4n) is 2.87. The maximum atomic E-state index is 11.2. The second-order valence-electron chi connectivity index (χ2n) is 5.97. The number of rotatable bonds is 4. The maximum Gasteiger partial charge on any atom is 0.292 e. The van der Waals surface area contributed by atoms with E-state index in [4.69, 9.17) is 0 Å². The van der Waals surface area contributed by atoms with Crippen LogP contribution in [0.2, 0.25) is 0 Å². The number of nitrogens with one attached hydrogen (secondary N) is 1. The van der Waals surface area contributed by atoms with Crippen LogP contribution in [0.5, 0.6) is 0 Å². The van der Waals surface area contributed by atoms with Gasteiger partial charge in [0.25, 0.3) is 5.69 Å². The molecule has 1 aliphatic carbocycles. The van der Waals surface area contributed by atoms with Crippen molar-refractivity contribution in [1.82, 2.24) is 0 Å². The number of para-hydroxylation sites is 1. The molecule has 0 atom stereocenters. The zero-order valence-electron chi connectivity index (χ0n) is 12.1. The molecule has 0 saturated heterocycles. The lowest BCUT2D eigenvalue weighted by Crippen LogP contribution is -2.45. The first kappa shape index (κ1) is 14.8. The number of nitrogens with zero attached hydrogens (tertiary/aromatic N) is 1. The molecule has 110 valence electrons. The van der Waals surface area contributed by atoms with E-state index in [1.54, 1.807) is 6.07 Å². The van der Waals surface area contributed by atoms with Crippen molar-refractivity contribution in [2.45, 2.75) is 45.1 Å². The van der Waals surface area contributed by atoms with Crippen molar-refractivity contribution in [2.75, 3.05) is 11.9 Å². The van der Waals surface area contributed by atoms with Gasteiger partial charge in [-0.15, -0.1) is 0 Å². The molecular formula is C15H22N2O3. The monoisotopic (exact) mass is 278 g/mol. The summed E-state index contributed by atoms with van der Waals surface area (Å²) in [4.78, 5) is 10.8. The number of aliphatic hydroxyl groups excluding tert-OH is 1. The van der Waals surface area contributed by atoms with Crippen LogP contribution in [0.4, 0.5) is 11.4 Å². The molecule has 0 heterocycles. The van der Waals surface area contributed by atoms with Gasteiger partial charge < -0.3 is 10.4 Å². The molecule has 5 nitrogen and oxygen atoms in total. The van der Waals surface area contributed by atoms with Crippen LogP contribution in [0.3, 0.4) is 0 Å². The normalized spacial score (nSPS) is 26.2. The van der Waals surface area contributed by atoms with Gasteiger partial charge in [0.2, 0.25) is 0 Å². The molecule has 2 N–H and O–H groups in total.